The summed E-state index contributed by atoms with van der Waals surface area (Å²) in [6.07, 6.45) is 0. The topological polar surface area (TPSA) is 78.5 Å². The highest BCUT2D eigenvalue weighted by molar-refractivity contribution is 6.04. The van der Waals surface area contributed by atoms with Gasteiger partial charge in [-0.25, -0.2) is 0 Å². The van der Waals surface area contributed by atoms with Crippen molar-refractivity contribution in [1.82, 2.24) is 0 Å². The number of hydrogen-bond donors (Lipinski definition) is 1. The van der Waals surface area contributed by atoms with Gasteiger partial charge in [-0.15, -0.1) is 0 Å². The van der Waals surface area contributed by atoms with E-state index in [0.717, 1.165) is 0 Å². The fraction of sp³-hybridized carbons (Fsp3) is 0.0667. The Morgan fingerprint density at radius 3 is 2.00 bits per heavy atom. The van der Waals surface area contributed by atoms with Crippen LogP contribution in [0, 0.1) is 0 Å². The lowest BCUT2D eigenvalue weighted by Crippen LogP contribution is -2.22. The van der Waals surface area contributed by atoms with Crippen LogP contribution in [0.25, 0.3) is 0 Å². The molecule has 0 saturated carbocycles. The van der Waals surface area contributed by atoms with Crippen LogP contribution in [-0.2, 0) is 0 Å². The third-order valence-corrected chi connectivity index (χ3v) is 2.73. The van der Waals surface area contributed by atoms with Gasteiger partial charge in [-0.1, -0.05) is 12.1 Å². The van der Waals surface area contributed by atoms with Crippen LogP contribution in [-0.4, -0.2) is 19.0 Å². The van der Waals surface area contributed by atoms with Gasteiger partial charge in [0.05, 0.1) is 13.1 Å². The molecule has 0 spiro atoms. The molecule has 5 nitrogen and oxygen atoms in total. The third-order valence-electron chi connectivity index (χ3n) is 2.73. The van der Waals surface area contributed by atoms with Crippen molar-refractivity contribution in [2.24, 2.45) is 0 Å². The molecule has 0 saturated heterocycles. The van der Waals surface area contributed by atoms with Crippen LogP contribution in [0.5, 0.6) is 5.75 Å². The van der Waals surface area contributed by atoms with Crippen molar-refractivity contribution in [1.29, 1.82) is 0 Å². The Kier molecular flexibility index (Phi) is 4.00. The highest BCUT2D eigenvalue weighted by Crippen LogP contribution is 2.14. The molecule has 0 fully saturated rings. The van der Waals surface area contributed by atoms with Crippen LogP contribution in [0.2, 0.25) is 0 Å². The van der Waals surface area contributed by atoms with Crippen LogP contribution in [0.3, 0.4) is 0 Å². The van der Waals surface area contributed by atoms with Gasteiger partial charge in [-0.2, -0.15) is 0 Å². The lowest BCUT2D eigenvalue weighted by atomic mass is 10.2. The van der Waals surface area contributed by atoms with Crippen LogP contribution in [0.15, 0.2) is 48.5 Å². The fourth-order valence-corrected chi connectivity index (χ4v) is 1.64. The lowest BCUT2D eigenvalue weighted by Gasteiger charge is -2.07. The van der Waals surface area contributed by atoms with Gasteiger partial charge in [0, 0.05) is 11.3 Å². The molecule has 2 rings (SSSR count). The van der Waals surface area contributed by atoms with Crippen molar-refractivity contribution in [2.75, 3.05) is 12.4 Å². The number of amides is 1. The Labute approximate surface area is 115 Å². The van der Waals surface area contributed by atoms with Crippen molar-refractivity contribution < 1.29 is 19.4 Å². The second-order valence-electron chi connectivity index (χ2n) is 4.05. The van der Waals surface area contributed by atoms with Crippen molar-refractivity contribution in [3.63, 3.8) is 0 Å². The summed E-state index contributed by atoms with van der Waals surface area (Å²) >= 11 is 0. The normalized spacial score (nSPS) is 9.85. The Bertz CT molecular complexity index is 617. The number of carboxylic acid groups (broad SMARTS) is 1. The molecule has 0 aliphatic heterocycles. The van der Waals surface area contributed by atoms with E-state index in [1.165, 1.54) is 24.3 Å². The molecule has 0 aliphatic rings. The number of carbonyl (C=O) groups excluding carboxylic acids is 2. The van der Waals surface area contributed by atoms with Gasteiger partial charge in [0.1, 0.15) is 5.75 Å². The molecule has 0 heterocycles. The van der Waals surface area contributed by atoms with Crippen LogP contribution in [0.4, 0.5) is 5.69 Å². The maximum atomic E-state index is 12.0. The number of carbonyl (C=O) groups is 2. The molecule has 0 unspecified atom stereocenters. The molecular formula is C15H12NO4-. The fourth-order valence-electron chi connectivity index (χ4n) is 1.64. The van der Waals surface area contributed by atoms with Crippen LogP contribution in [0.1, 0.15) is 20.7 Å². The average Bonchev–Trinajstić information content (AvgIpc) is 2.48. The van der Waals surface area contributed by atoms with Gasteiger partial charge in [-0.3, -0.25) is 4.79 Å². The largest absolute Gasteiger partial charge is 0.545 e. The Hall–Kier alpha value is -2.82. The van der Waals surface area contributed by atoms with E-state index in [1.54, 1.807) is 31.4 Å². The SMILES string of the molecule is COc1ccc(C(=O)Nc2ccc(C(=O)[O-])cc2)cc1. The van der Waals surface area contributed by atoms with E-state index >= 15 is 0 Å². The molecule has 2 aromatic carbocycles. The summed E-state index contributed by atoms with van der Waals surface area (Å²) in [5, 5.41) is 13.3. The molecule has 0 bridgehead atoms. The van der Waals surface area contributed by atoms with Gasteiger partial charge in [-0.05, 0) is 42.0 Å². The third kappa shape index (κ3) is 3.14. The first-order chi connectivity index (χ1) is 9.60. The smallest absolute Gasteiger partial charge is 0.255 e. The predicted molar refractivity (Wildman–Crippen MR) is 71.7 cm³/mol. The average molecular weight is 270 g/mol. The zero-order chi connectivity index (χ0) is 14.5. The molecule has 20 heavy (non-hydrogen) atoms. The number of ether oxygens (including phenoxy) is 1. The van der Waals surface area contributed by atoms with E-state index < -0.39 is 5.97 Å². The minimum Gasteiger partial charge on any atom is -0.545 e. The zero-order valence-corrected chi connectivity index (χ0v) is 10.8. The van der Waals surface area contributed by atoms with Crippen LogP contribution < -0.4 is 15.2 Å². The number of benzene rings is 2. The number of hydrogen-bond acceptors (Lipinski definition) is 4. The van der Waals surface area contributed by atoms with E-state index in [4.69, 9.17) is 4.74 Å². The van der Waals surface area contributed by atoms with E-state index in [9.17, 15) is 14.7 Å². The minimum atomic E-state index is -1.25. The Morgan fingerprint density at radius 2 is 1.50 bits per heavy atom. The standard InChI is InChI=1S/C15H13NO4/c1-20-13-8-4-10(5-9-13)14(17)16-12-6-2-11(3-7-12)15(18)19/h2-9H,1H3,(H,16,17)(H,18,19)/p-1. The van der Waals surface area contributed by atoms with Gasteiger partial charge < -0.3 is 20.0 Å². The van der Waals surface area contributed by atoms with Crippen molar-refractivity contribution >= 4 is 17.6 Å². The molecule has 102 valence electrons. The summed E-state index contributed by atoms with van der Waals surface area (Å²) in [6, 6.07) is 12.4. The maximum absolute atomic E-state index is 12.0. The molecule has 0 atom stereocenters. The molecule has 1 amide bonds. The predicted octanol–water partition coefficient (Wildman–Crippen LogP) is 1.31. The summed E-state index contributed by atoms with van der Waals surface area (Å²) in [6.45, 7) is 0. The summed E-state index contributed by atoms with van der Waals surface area (Å²) in [5.74, 6) is -0.869. The maximum Gasteiger partial charge on any atom is 0.255 e. The summed E-state index contributed by atoms with van der Waals surface area (Å²) < 4.78 is 5.01. The highest BCUT2D eigenvalue weighted by Gasteiger charge is 2.06. The molecule has 0 aromatic heterocycles. The first-order valence-corrected chi connectivity index (χ1v) is 5.87. The number of nitrogens with one attached hydrogen (secondary N) is 1. The molecule has 5 heteroatoms. The first-order valence-electron chi connectivity index (χ1n) is 5.87. The molecule has 0 aliphatic carbocycles. The Morgan fingerprint density at radius 1 is 0.950 bits per heavy atom. The second-order valence-corrected chi connectivity index (χ2v) is 4.05. The van der Waals surface area contributed by atoms with E-state index in [1.807, 2.05) is 0 Å². The number of methoxy groups -OCH3 is 1. The number of carboxylic acids is 1. The molecule has 1 N–H and O–H groups in total. The van der Waals surface area contributed by atoms with Gasteiger partial charge in [0.2, 0.25) is 0 Å². The van der Waals surface area contributed by atoms with Crippen LogP contribution >= 0.6 is 0 Å². The zero-order valence-electron chi connectivity index (χ0n) is 10.8. The quantitative estimate of drug-likeness (QED) is 0.908. The van der Waals surface area contributed by atoms with E-state index in [-0.39, 0.29) is 11.5 Å². The van der Waals surface area contributed by atoms with Crippen molar-refractivity contribution in [3.8, 4) is 5.75 Å². The van der Waals surface area contributed by atoms with E-state index in [0.29, 0.717) is 17.0 Å². The lowest BCUT2D eigenvalue weighted by molar-refractivity contribution is -0.255. The van der Waals surface area contributed by atoms with Gasteiger partial charge in [0.15, 0.2) is 0 Å². The van der Waals surface area contributed by atoms with E-state index in [2.05, 4.69) is 5.32 Å². The molecular weight excluding hydrogens is 258 g/mol. The number of anilines is 1. The Balaban J connectivity index is 2.08. The van der Waals surface area contributed by atoms with Gasteiger partial charge in [0.25, 0.3) is 5.91 Å². The van der Waals surface area contributed by atoms with Crippen molar-refractivity contribution in [2.45, 2.75) is 0 Å². The first kappa shape index (κ1) is 13.6. The molecule has 0 radical (unpaired) electrons. The monoisotopic (exact) mass is 270 g/mol. The molecule has 2 aromatic rings. The summed E-state index contributed by atoms with van der Waals surface area (Å²) in [5.41, 5.74) is 1.05. The second kappa shape index (κ2) is 5.88. The van der Waals surface area contributed by atoms with Crippen molar-refractivity contribution in [3.05, 3.63) is 59.7 Å². The summed E-state index contributed by atoms with van der Waals surface area (Å²) in [4.78, 5) is 22.6. The number of rotatable bonds is 4. The highest BCUT2D eigenvalue weighted by atomic mass is 16.5. The summed E-state index contributed by atoms with van der Waals surface area (Å²) in [7, 11) is 1.55. The van der Waals surface area contributed by atoms with Gasteiger partial charge >= 0.3 is 0 Å². The number of aromatic carboxylic acids is 1. The minimum absolute atomic E-state index is 0.0625.